The van der Waals surface area contributed by atoms with Crippen molar-refractivity contribution in [3.8, 4) is 5.75 Å². The molecular formula is C14H12BNOS. The highest BCUT2D eigenvalue weighted by atomic mass is 32.1. The molecule has 0 aliphatic carbocycles. The van der Waals surface area contributed by atoms with Gasteiger partial charge in [0.25, 0.3) is 0 Å². The fourth-order valence-electron chi connectivity index (χ4n) is 1.94. The van der Waals surface area contributed by atoms with E-state index in [1.54, 1.807) is 17.5 Å². The number of hydrogen-bond acceptors (Lipinski definition) is 3. The van der Waals surface area contributed by atoms with E-state index >= 15 is 0 Å². The van der Waals surface area contributed by atoms with Crippen molar-refractivity contribution in [1.82, 2.24) is 4.98 Å². The molecule has 4 heteroatoms. The molecule has 18 heavy (non-hydrogen) atoms. The van der Waals surface area contributed by atoms with Crippen molar-refractivity contribution in [2.45, 2.75) is 6.82 Å². The number of hydrogen-bond donors (Lipinski definition) is 0. The monoisotopic (exact) mass is 253 g/mol. The predicted octanol–water partition coefficient (Wildman–Crippen LogP) is 3.20. The third kappa shape index (κ3) is 2.11. The minimum Gasteiger partial charge on any atom is -0.554 e. The number of nitrogens with zero attached hydrogens (tertiary/aromatic N) is 1. The molecule has 0 atom stereocenters. The van der Waals surface area contributed by atoms with Gasteiger partial charge in [-0.3, -0.25) is 4.98 Å². The third-order valence-electron chi connectivity index (χ3n) is 2.84. The Kier molecular flexibility index (Phi) is 3.03. The van der Waals surface area contributed by atoms with E-state index in [-0.39, 0.29) is 6.92 Å². The Morgan fingerprint density at radius 1 is 1.11 bits per heavy atom. The van der Waals surface area contributed by atoms with E-state index in [0.717, 1.165) is 16.7 Å². The van der Waals surface area contributed by atoms with Crippen LogP contribution in [0.5, 0.6) is 5.75 Å². The van der Waals surface area contributed by atoms with Gasteiger partial charge in [-0.15, -0.1) is 0 Å². The zero-order chi connectivity index (χ0) is 12.4. The van der Waals surface area contributed by atoms with Crippen molar-refractivity contribution in [1.29, 1.82) is 0 Å². The number of benzene rings is 1. The number of rotatable bonds is 3. The van der Waals surface area contributed by atoms with Gasteiger partial charge in [-0.05, 0) is 24.3 Å². The van der Waals surface area contributed by atoms with E-state index < -0.39 is 0 Å². The zero-order valence-electron chi connectivity index (χ0n) is 10.0. The standard InChI is InChI=1S/C14H12BNOS/c1-15(13-8-4-10-18-13)17-12-7-2-5-11-6-3-9-16-14(11)12/h2-10H,1H3. The molecule has 0 bridgehead atoms. The summed E-state index contributed by atoms with van der Waals surface area (Å²) in [5, 5.41) is 3.17. The number of thiophene rings is 1. The van der Waals surface area contributed by atoms with Gasteiger partial charge >= 0.3 is 6.92 Å². The van der Waals surface area contributed by atoms with Crippen molar-refractivity contribution in [2.24, 2.45) is 0 Å². The summed E-state index contributed by atoms with van der Waals surface area (Å²) in [6.07, 6.45) is 1.80. The average Bonchev–Trinajstić information content (AvgIpc) is 2.93. The SMILES string of the molecule is CB(Oc1cccc2cccnc12)c1cccs1. The summed E-state index contributed by atoms with van der Waals surface area (Å²) in [6, 6.07) is 14.1. The van der Waals surface area contributed by atoms with Gasteiger partial charge in [-0.25, -0.2) is 0 Å². The van der Waals surface area contributed by atoms with E-state index in [9.17, 15) is 0 Å². The summed E-state index contributed by atoms with van der Waals surface area (Å²) < 4.78 is 7.24. The molecule has 3 rings (SSSR count). The highest BCUT2D eigenvalue weighted by molar-refractivity contribution is 7.21. The maximum Gasteiger partial charge on any atom is 0.398 e. The first-order valence-corrected chi connectivity index (χ1v) is 6.76. The fraction of sp³-hybridized carbons (Fsp3) is 0.0714. The number of para-hydroxylation sites is 1. The van der Waals surface area contributed by atoms with Crippen molar-refractivity contribution < 1.29 is 4.65 Å². The van der Waals surface area contributed by atoms with E-state index in [4.69, 9.17) is 4.65 Å². The second kappa shape index (κ2) is 4.82. The molecule has 88 valence electrons. The second-order valence-electron chi connectivity index (χ2n) is 4.11. The van der Waals surface area contributed by atoms with Gasteiger partial charge in [0.15, 0.2) is 0 Å². The van der Waals surface area contributed by atoms with Crippen LogP contribution in [0.2, 0.25) is 6.82 Å². The average molecular weight is 253 g/mol. The molecule has 0 N–H and O–H groups in total. The minimum absolute atomic E-state index is 0.0533. The first-order chi connectivity index (χ1) is 8.84. The minimum atomic E-state index is 0.0533. The Balaban J connectivity index is 1.95. The van der Waals surface area contributed by atoms with Crippen LogP contribution < -0.4 is 9.43 Å². The number of pyridine rings is 1. The van der Waals surface area contributed by atoms with E-state index in [2.05, 4.69) is 23.3 Å². The second-order valence-corrected chi connectivity index (χ2v) is 5.09. The van der Waals surface area contributed by atoms with Crippen LogP contribution in [0.3, 0.4) is 0 Å². The van der Waals surface area contributed by atoms with Crippen LogP contribution in [0.1, 0.15) is 0 Å². The third-order valence-corrected chi connectivity index (χ3v) is 3.88. The van der Waals surface area contributed by atoms with E-state index in [1.807, 2.05) is 36.4 Å². The Morgan fingerprint density at radius 2 is 2.00 bits per heavy atom. The lowest BCUT2D eigenvalue weighted by Gasteiger charge is -2.12. The summed E-state index contributed by atoms with van der Waals surface area (Å²) in [6.45, 7) is 2.12. The van der Waals surface area contributed by atoms with Crippen LogP contribution in [-0.2, 0) is 0 Å². The van der Waals surface area contributed by atoms with Crippen LogP contribution in [0, 0.1) is 0 Å². The molecule has 0 saturated carbocycles. The molecular weight excluding hydrogens is 241 g/mol. The molecule has 0 unspecified atom stereocenters. The maximum absolute atomic E-state index is 6.02. The molecule has 3 aromatic rings. The molecule has 0 fully saturated rings. The van der Waals surface area contributed by atoms with Gasteiger partial charge in [0.2, 0.25) is 0 Å². The summed E-state index contributed by atoms with van der Waals surface area (Å²) in [4.78, 5) is 4.39. The predicted molar refractivity (Wildman–Crippen MR) is 77.9 cm³/mol. The first kappa shape index (κ1) is 11.3. The van der Waals surface area contributed by atoms with Gasteiger partial charge < -0.3 is 4.65 Å². The van der Waals surface area contributed by atoms with E-state index in [0.29, 0.717) is 0 Å². The zero-order valence-corrected chi connectivity index (χ0v) is 10.9. The van der Waals surface area contributed by atoms with Gasteiger partial charge in [-0.2, -0.15) is 11.3 Å². The van der Waals surface area contributed by atoms with Gasteiger partial charge in [0, 0.05) is 16.4 Å². The lowest BCUT2D eigenvalue weighted by Crippen LogP contribution is -2.30. The highest BCUT2D eigenvalue weighted by Crippen LogP contribution is 2.23. The molecule has 2 heterocycles. The number of aromatic nitrogens is 1. The van der Waals surface area contributed by atoms with Crippen LogP contribution in [0.25, 0.3) is 10.9 Å². The Hall–Kier alpha value is -1.81. The molecule has 2 nitrogen and oxygen atoms in total. The largest absolute Gasteiger partial charge is 0.554 e. The Morgan fingerprint density at radius 3 is 2.83 bits per heavy atom. The quantitative estimate of drug-likeness (QED) is 0.668. The Labute approximate surface area is 110 Å². The van der Waals surface area contributed by atoms with Crippen molar-refractivity contribution in [2.75, 3.05) is 0 Å². The molecule has 2 aromatic heterocycles. The molecule has 0 spiro atoms. The summed E-state index contributed by atoms with van der Waals surface area (Å²) in [5.74, 6) is 0.842. The van der Waals surface area contributed by atoms with Crippen molar-refractivity contribution in [3.05, 3.63) is 54.0 Å². The molecule has 0 aliphatic heterocycles. The lowest BCUT2D eigenvalue weighted by molar-refractivity contribution is 0.592. The molecule has 1 aromatic carbocycles. The molecule has 0 saturated heterocycles. The fourth-order valence-corrected chi connectivity index (χ4v) is 2.65. The molecule has 0 aliphatic rings. The van der Waals surface area contributed by atoms with Gasteiger partial charge in [0.05, 0.1) is 0 Å². The highest BCUT2D eigenvalue weighted by Gasteiger charge is 2.16. The van der Waals surface area contributed by atoms with Crippen LogP contribution >= 0.6 is 11.3 Å². The smallest absolute Gasteiger partial charge is 0.398 e. The maximum atomic E-state index is 6.02. The number of fused-ring (bicyclic) bond motifs is 1. The van der Waals surface area contributed by atoms with Gasteiger partial charge in [-0.1, -0.05) is 30.3 Å². The van der Waals surface area contributed by atoms with Crippen molar-refractivity contribution in [3.63, 3.8) is 0 Å². The normalized spacial score (nSPS) is 10.5. The summed E-state index contributed by atoms with van der Waals surface area (Å²) >= 11 is 1.71. The van der Waals surface area contributed by atoms with Gasteiger partial charge in [0.1, 0.15) is 11.3 Å². The Bertz CT molecular complexity index is 648. The van der Waals surface area contributed by atoms with Crippen molar-refractivity contribution >= 4 is 33.9 Å². The summed E-state index contributed by atoms with van der Waals surface area (Å²) in [5.41, 5.74) is 0.920. The topological polar surface area (TPSA) is 22.1 Å². The van der Waals surface area contributed by atoms with Crippen LogP contribution in [0.4, 0.5) is 0 Å². The first-order valence-electron chi connectivity index (χ1n) is 5.88. The summed E-state index contributed by atoms with van der Waals surface area (Å²) in [7, 11) is 0. The van der Waals surface area contributed by atoms with E-state index in [1.165, 1.54) is 4.78 Å². The molecule has 0 radical (unpaired) electrons. The molecule has 0 amide bonds. The lowest BCUT2D eigenvalue weighted by atomic mass is 9.69. The van der Waals surface area contributed by atoms with Crippen LogP contribution in [0.15, 0.2) is 54.0 Å². The van der Waals surface area contributed by atoms with Crippen LogP contribution in [-0.4, -0.2) is 11.9 Å².